The molecule has 2 aliphatic rings. The van der Waals surface area contributed by atoms with Gasteiger partial charge in [-0.15, -0.1) is 0 Å². The molecule has 1 atom stereocenters. The van der Waals surface area contributed by atoms with Crippen molar-refractivity contribution in [3.05, 3.63) is 12.2 Å². The van der Waals surface area contributed by atoms with Crippen molar-refractivity contribution >= 4 is 17.8 Å². The van der Waals surface area contributed by atoms with Gasteiger partial charge in [-0.25, -0.2) is 14.5 Å². The van der Waals surface area contributed by atoms with Crippen LogP contribution in [0, 0.1) is 5.92 Å². The van der Waals surface area contributed by atoms with Gasteiger partial charge >= 0.3 is 6.03 Å². The van der Waals surface area contributed by atoms with Crippen LogP contribution in [0.25, 0.3) is 0 Å². The van der Waals surface area contributed by atoms with Crippen LogP contribution in [0.4, 0.5) is 4.79 Å². The Labute approximate surface area is 139 Å². The molecule has 9 heteroatoms. The summed E-state index contributed by atoms with van der Waals surface area (Å²) in [6.07, 6.45) is 3.50. The number of imide groups is 1. The third kappa shape index (κ3) is 2.98. The zero-order valence-corrected chi connectivity index (χ0v) is 14.1. The summed E-state index contributed by atoms with van der Waals surface area (Å²) in [6, 6.07) is -0.784. The van der Waals surface area contributed by atoms with Crippen molar-refractivity contribution in [2.24, 2.45) is 5.92 Å². The molecule has 4 amide bonds. The molecule has 9 nitrogen and oxygen atoms in total. The van der Waals surface area contributed by atoms with Gasteiger partial charge in [-0.1, -0.05) is 0 Å². The molecule has 0 unspecified atom stereocenters. The standard InChI is InChI=1S/C15H22N6O3/c1-4-21-12(16-8-17-21)11(9-5-6-9)18-10(22)7-20-13(23)15(2,3)19-14(20)24/h8-9,11H,4-7H2,1-3H3,(H,18,22)(H,19,24)/t11-/m0/s1. The smallest absolute Gasteiger partial charge is 0.325 e. The van der Waals surface area contributed by atoms with Crippen LogP contribution >= 0.6 is 0 Å². The molecule has 3 rings (SSSR count). The number of carbonyl (C=O) groups excluding carboxylic acids is 3. The maximum absolute atomic E-state index is 12.4. The Morgan fingerprint density at radius 1 is 1.46 bits per heavy atom. The fourth-order valence-corrected chi connectivity index (χ4v) is 2.90. The first-order chi connectivity index (χ1) is 11.3. The Balaban J connectivity index is 1.69. The summed E-state index contributed by atoms with van der Waals surface area (Å²) < 4.78 is 1.75. The zero-order valence-electron chi connectivity index (χ0n) is 14.1. The number of urea groups is 1. The number of aromatic nitrogens is 3. The molecule has 24 heavy (non-hydrogen) atoms. The van der Waals surface area contributed by atoms with Gasteiger partial charge in [0, 0.05) is 6.54 Å². The second-order valence-electron chi connectivity index (χ2n) is 6.76. The predicted molar refractivity (Wildman–Crippen MR) is 83.6 cm³/mol. The number of nitrogens with zero attached hydrogens (tertiary/aromatic N) is 4. The molecular weight excluding hydrogens is 312 g/mol. The molecule has 2 N–H and O–H groups in total. The van der Waals surface area contributed by atoms with E-state index in [0.717, 1.165) is 17.7 Å². The van der Waals surface area contributed by atoms with Crippen LogP contribution in [0.2, 0.25) is 0 Å². The van der Waals surface area contributed by atoms with E-state index in [2.05, 4.69) is 20.7 Å². The van der Waals surface area contributed by atoms with Crippen molar-refractivity contribution in [3.8, 4) is 0 Å². The van der Waals surface area contributed by atoms with Crippen molar-refractivity contribution in [2.45, 2.75) is 51.7 Å². The van der Waals surface area contributed by atoms with Crippen molar-refractivity contribution < 1.29 is 14.4 Å². The van der Waals surface area contributed by atoms with E-state index < -0.39 is 17.5 Å². The van der Waals surface area contributed by atoms with Crippen molar-refractivity contribution in [3.63, 3.8) is 0 Å². The minimum absolute atomic E-state index is 0.242. The van der Waals surface area contributed by atoms with Gasteiger partial charge in [0.2, 0.25) is 5.91 Å². The molecule has 0 radical (unpaired) electrons. The fourth-order valence-electron chi connectivity index (χ4n) is 2.90. The van der Waals surface area contributed by atoms with E-state index >= 15 is 0 Å². The summed E-state index contributed by atoms with van der Waals surface area (Å²) in [4.78, 5) is 41.7. The van der Waals surface area contributed by atoms with Gasteiger partial charge in [0.25, 0.3) is 5.91 Å². The van der Waals surface area contributed by atoms with E-state index in [1.807, 2.05) is 6.92 Å². The summed E-state index contributed by atoms with van der Waals surface area (Å²) in [7, 11) is 0. The van der Waals surface area contributed by atoms with Gasteiger partial charge in [0.1, 0.15) is 24.2 Å². The number of rotatable bonds is 6. The number of nitrogens with one attached hydrogen (secondary N) is 2. The van der Waals surface area contributed by atoms with Crippen LogP contribution in [0.1, 0.15) is 45.5 Å². The van der Waals surface area contributed by atoms with Gasteiger partial charge in [0.05, 0.1) is 6.04 Å². The Morgan fingerprint density at radius 3 is 2.71 bits per heavy atom. The second-order valence-corrected chi connectivity index (χ2v) is 6.76. The minimum atomic E-state index is -0.977. The van der Waals surface area contributed by atoms with Crippen LogP contribution in [0.3, 0.4) is 0 Å². The minimum Gasteiger partial charge on any atom is -0.344 e. The highest BCUT2D eigenvalue weighted by atomic mass is 16.2. The highest BCUT2D eigenvalue weighted by Crippen LogP contribution is 2.40. The zero-order chi connectivity index (χ0) is 17.5. The molecule has 1 saturated carbocycles. The van der Waals surface area contributed by atoms with Crippen LogP contribution < -0.4 is 10.6 Å². The highest BCUT2D eigenvalue weighted by Gasteiger charge is 2.45. The van der Waals surface area contributed by atoms with Crippen molar-refractivity contribution in [2.75, 3.05) is 6.54 Å². The number of carbonyl (C=O) groups is 3. The number of hydrogen-bond acceptors (Lipinski definition) is 5. The topological polar surface area (TPSA) is 109 Å². The highest BCUT2D eigenvalue weighted by molar-refractivity contribution is 6.08. The Morgan fingerprint density at radius 2 is 2.17 bits per heavy atom. The average Bonchev–Trinajstić information content (AvgIpc) is 3.21. The van der Waals surface area contributed by atoms with E-state index in [1.165, 1.54) is 6.33 Å². The van der Waals surface area contributed by atoms with Gasteiger partial charge in [-0.2, -0.15) is 5.10 Å². The normalized spacial score (nSPS) is 20.9. The summed E-state index contributed by atoms with van der Waals surface area (Å²) in [5, 5.41) is 9.62. The SMILES string of the molecule is CCn1ncnc1[C@@H](NC(=O)CN1C(=O)NC(C)(C)C1=O)C1CC1. The van der Waals surface area contributed by atoms with E-state index in [1.54, 1.807) is 18.5 Å². The monoisotopic (exact) mass is 334 g/mol. The second kappa shape index (κ2) is 5.88. The summed E-state index contributed by atoms with van der Waals surface area (Å²) >= 11 is 0. The molecule has 0 spiro atoms. The molecule has 1 aromatic heterocycles. The maximum Gasteiger partial charge on any atom is 0.325 e. The molecule has 2 heterocycles. The summed E-state index contributed by atoms with van der Waals surface area (Å²) in [5.41, 5.74) is -0.977. The van der Waals surface area contributed by atoms with E-state index in [-0.39, 0.29) is 18.5 Å². The van der Waals surface area contributed by atoms with E-state index in [9.17, 15) is 14.4 Å². The molecule has 1 aliphatic heterocycles. The molecule has 1 aromatic rings. The average molecular weight is 334 g/mol. The Hall–Kier alpha value is -2.45. The Kier molecular flexibility index (Phi) is 4.02. The van der Waals surface area contributed by atoms with Crippen LogP contribution in [-0.2, 0) is 16.1 Å². The number of amides is 4. The lowest BCUT2D eigenvalue weighted by Crippen LogP contribution is -2.44. The fraction of sp³-hybridized carbons (Fsp3) is 0.667. The largest absolute Gasteiger partial charge is 0.344 e. The first kappa shape index (κ1) is 16.4. The molecule has 0 aromatic carbocycles. The quantitative estimate of drug-likeness (QED) is 0.722. The molecule has 2 fully saturated rings. The van der Waals surface area contributed by atoms with Crippen LogP contribution in [0.15, 0.2) is 6.33 Å². The van der Waals surface area contributed by atoms with E-state index in [0.29, 0.717) is 18.3 Å². The third-order valence-electron chi connectivity index (χ3n) is 4.38. The van der Waals surface area contributed by atoms with Crippen LogP contribution in [0.5, 0.6) is 0 Å². The number of hydrogen-bond donors (Lipinski definition) is 2. The lowest BCUT2D eigenvalue weighted by Gasteiger charge is -2.20. The van der Waals surface area contributed by atoms with Gasteiger partial charge < -0.3 is 10.6 Å². The maximum atomic E-state index is 12.4. The molecule has 1 saturated heterocycles. The Bertz CT molecular complexity index is 679. The van der Waals surface area contributed by atoms with Gasteiger partial charge in [-0.05, 0) is 39.5 Å². The summed E-state index contributed by atoms with van der Waals surface area (Å²) in [6.45, 7) is 5.55. The first-order valence-electron chi connectivity index (χ1n) is 8.14. The summed E-state index contributed by atoms with van der Waals surface area (Å²) in [5.74, 6) is 0.259. The molecule has 130 valence electrons. The first-order valence-corrected chi connectivity index (χ1v) is 8.14. The van der Waals surface area contributed by atoms with Crippen LogP contribution in [-0.4, -0.2) is 49.6 Å². The number of aryl methyl sites for hydroxylation is 1. The lowest BCUT2D eigenvalue weighted by atomic mass is 10.1. The van der Waals surface area contributed by atoms with E-state index in [4.69, 9.17) is 0 Å². The lowest BCUT2D eigenvalue weighted by molar-refractivity contribution is -0.134. The molecule has 0 bridgehead atoms. The molecule has 1 aliphatic carbocycles. The third-order valence-corrected chi connectivity index (χ3v) is 4.38. The van der Waals surface area contributed by atoms with Gasteiger partial charge in [0.15, 0.2) is 0 Å². The predicted octanol–water partition coefficient (Wildman–Crippen LogP) is 0.196. The molecular formula is C15H22N6O3. The van der Waals surface area contributed by atoms with Crippen molar-refractivity contribution in [1.29, 1.82) is 0 Å². The van der Waals surface area contributed by atoms with Gasteiger partial charge in [-0.3, -0.25) is 14.5 Å². The van der Waals surface area contributed by atoms with Crippen molar-refractivity contribution in [1.82, 2.24) is 30.3 Å².